The van der Waals surface area contributed by atoms with Crippen LogP contribution in [0.2, 0.25) is 0 Å². The summed E-state index contributed by atoms with van der Waals surface area (Å²) in [7, 11) is 2.98. The third-order valence-corrected chi connectivity index (χ3v) is 6.37. The van der Waals surface area contributed by atoms with E-state index in [1.165, 1.54) is 7.11 Å². The molecule has 7 nitrogen and oxygen atoms in total. The molecule has 1 aliphatic heterocycles. The zero-order chi connectivity index (χ0) is 25.2. The lowest BCUT2D eigenvalue weighted by Crippen LogP contribution is -2.34. The first kappa shape index (κ1) is 23.2. The van der Waals surface area contributed by atoms with Gasteiger partial charge in [0, 0.05) is 18.0 Å². The van der Waals surface area contributed by atoms with Crippen LogP contribution in [-0.4, -0.2) is 42.2 Å². The van der Waals surface area contributed by atoms with Gasteiger partial charge in [0.25, 0.3) is 0 Å². The second kappa shape index (κ2) is 9.62. The number of esters is 1. The van der Waals surface area contributed by atoms with Crippen molar-refractivity contribution in [1.29, 1.82) is 0 Å². The van der Waals surface area contributed by atoms with E-state index in [0.29, 0.717) is 22.4 Å². The molecular formula is C29H26N2O5. The molecule has 7 heteroatoms. The van der Waals surface area contributed by atoms with Crippen LogP contribution in [0.4, 0.5) is 4.79 Å². The Bertz CT molecular complexity index is 1470. The maximum Gasteiger partial charge on any atom is 0.414 e. The summed E-state index contributed by atoms with van der Waals surface area (Å²) in [5.41, 5.74) is 5.23. The molecule has 0 radical (unpaired) electrons. The molecule has 3 heterocycles. The minimum atomic E-state index is -0.560. The average Bonchev–Trinajstić information content (AvgIpc) is 3.27. The topological polar surface area (TPSA) is 69.5 Å². The number of rotatable bonds is 5. The summed E-state index contributed by atoms with van der Waals surface area (Å²) in [6, 6.07) is 20.5. The van der Waals surface area contributed by atoms with Crippen molar-refractivity contribution < 1.29 is 23.8 Å². The van der Waals surface area contributed by atoms with Crippen molar-refractivity contribution >= 4 is 23.7 Å². The summed E-state index contributed by atoms with van der Waals surface area (Å²) in [5.74, 6) is 0.237. The van der Waals surface area contributed by atoms with Gasteiger partial charge in [-0.3, -0.25) is 4.90 Å². The predicted octanol–water partition coefficient (Wildman–Crippen LogP) is 5.93. The fraction of sp³-hybridized carbons (Fsp3) is 0.172. The molecule has 0 bridgehead atoms. The summed E-state index contributed by atoms with van der Waals surface area (Å²) in [4.78, 5) is 28.0. The summed E-state index contributed by atoms with van der Waals surface area (Å²) < 4.78 is 18.0. The molecule has 1 amide bonds. The second-order valence-electron chi connectivity index (χ2n) is 8.26. The first-order chi connectivity index (χ1) is 17.6. The first-order valence-corrected chi connectivity index (χ1v) is 11.7. The molecular weight excluding hydrogens is 456 g/mol. The lowest BCUT2D eigenvalue weighted by Gasteiger charge is -2.33. The number of amides is 1. The van der Waals surface area contributed by atoms with Gasteiger partial charge in [0.05, 0.1) is 37.6 Å². The van der Waals surface area contributed by atoms with Crippen molar-refractivity contribution in [2.45, 2.75) is 13.0 Å². The van der Waals surface area contributed by atoms with Crippen molar-refractivity contribution in [3.8, 4) is 16.9 Å². The van der Waals surface area contributed by atoms with Crippen LogP contribution in [0.25, 0.3) is 22.7 Å². The van der Waals surface area contributed by atoms with Crippen LogP contribution in [0.15, 0.2) is 79.1 Å². The number of hydrogen-bond acceptors (Lipinski definition) is 5. The van der Waals surface area contributed by atoms with Gasteiger partial charge < -0.3 is 18.6 Å². The summed E-state index contributed by atoms with van der Waals surface area (Å²) >= 11 is 0. The second-order valence-corrected chi connectivity index (χ2v) is 8.26. The van der Waals surface area contributed by atoms with Crippen molar-refractivity contribution in [2.24, 2.45) is 0 Å². The molecule has 0 saturated carbocycles. The molecule has 182 valence electrons. The monoisotopic (exact) mass is 482 g/mol. The molecule has 0 unspecified atom stereocenters. The number of aromatic nitrogens is 1. The highest BCUT2D eigenvalue weighted by molar-refractivity contribution is 6.06. The van der Waals surface area contributed by atoms with Gasteiger partial charge in [0.1, 0.15) is 11.8 Å². The number of nitrogens with zero attached hydrogens (tertiary/aromatic N) is 2. The minimum Gasteiger partial charge on any atom is -0.497 e. The highest BCUT2D eigenvalue weighted by Gasteiger charge is 2.37. The Morgan fingerprint density at radius 1 is 0.944 bits per heavy atom. The number of pyridine rings is 1. The molecule has 1 atom stereocenters. The number of methoxy groups -OCH3 is 2. The lowest BCUT2D eigenvalue weighted by atomic mass is 9.89. The molecule has 0 fully saturated rings. The normalized spacial score (nSPS) is 14.4. The summed E-state index contributed by atoms with van der Waals surface area (Å²) in [5, 5.41) is 0. The van der Waals surface area contributed by atoms with Crippen LogP contribution in [0, 0.1) is 0 Å². The van der Waals surface area contributed by atoms with E-state index in [2.05, 4.69) is 0 Å². The third-order valence-electron chi connectivity index (χ3n) is 6.37. The zero-order valence-corrected chi connectivity index (χ0v) is 20.3. The molecule has 2 aromatic heterocycles. The van der Waals surface area contributed by atoms with Crippen molar-refractivity contribution in [3.63, 3.8) is 0 Å². The van der Waals surface area contributed by atoms with Gasteiger partial charge in [-0.05, 0) is 54.0 Å². The number of fused-ring (bicyclic) bond motifs is 2. The molecule has 4 aromatic rings. The fourth-order valence-electron chi connectivity index (χ4n) is 4.81. The number of benzene rings is 2. The smallest absolute Gasteiger partial charge is 0.414 e. The predicted molar refractivity (Wildman–Crippen MR) is 137 cm³/mol. The fourth-order valence-corrected chi connectivity index (χ4v) is 4.81. The van der Waals surface area contributed by atoms with Crippen molar-refractivity contribution in [1.82, 2.24) is 9.30 Å². The SMILES string of the molecule is CCOC(=O)N1C=Cc2ccccc2[C@@H]1c1c(-c2ccc(OC)cc2)c(C(=O)OC)c2ccccn12. The Balaban J connectivity index is 1.88. The molecule has 0 aliphatic carbocycles. The Morgan fingerprint density at radius 2 is 1.69 bits per heavy atom. The zero-order valence-electron chi connectivity index (χ0n) is 20.3. The molecule has 0 saturated heterocycles. The Labute approximate surface area is 209 Å². The molecule has 5 rings (SSSR count). The van der Waals surface area contributed by atoms with E-state index in [-0.39, 0.29) is 6.61 Å². The number of carbonyl (C=O) groups excluding carboxylic acids is 2. The Kier molecular flexibility index (Phi) is 6.21. The standard InChI is InChI=1S/C29H26N2O5/c1-4-36-29(33)31-18-16-19-9-5-6-10-22(19)26(31)27-24(20-12-14-21(34-2)15-13-20)25(28(32)35-3)23-11-7-8-17-30(23)27/h5-18,26H,4H2,1-3H3/t26-/m1/s1. The molecule has 36 heavy (non-hydrogen) atoms. The highest BCUT2D eigenvalue weighted by Crippen LogP contribution is 2.44. The average molecular weight is 483 g/mol. The van der Waals surface area contributed by atoms with Crippen molar-refractivity contribution in [2.75, 3.05) is 20.8 Å². The van der Waals surface area contributed by atoms with Gasteiger partial charge >= 0.3 is 12.1 Å². The van der Waals surface area contributed by atoms with Crippen LogP contribution >= 0.6 is 0 Å². The van der Waals surface area contributed by atoms with Crippen LogP contribution < -0.4 is 4.74 Å². The van der Waals surface area contributed by atoms with E-state index in [9.17, 15) is 9.59 Å². The van der Waals surface area contributed by atoms with Gasteiger partial charge in [0.2, 0.25) is 0 Å². The van der Waals surface area contributed by atoms with Crippen LogP contribution in [0.1, 0.15) is 40.1 Å². The number of ether oxygens (including phenoxy) is 3. The van der Waals surface area contributed by atoms with E-state index >= 15 is 0 Å². The van der Waals surface area contributed by atoms with E-state index in [0.717, 1.165) is 22.4 Å². The van der Waals surface area contributed by atoms with Crippen LogP contribution in [0.3, 0.4) is 0 Å². The van der Waals surface area contributed by atoms with Gasteiger partial charge in [0.15, 0.2) is 0 Å². The molecule has 0 spiro atoms. The van der Waals surface area contributed by atoms with E-state index in [4.69, 9.17) is 14.2 Å². The quantitative estimate of drug-likeness (QED) is 0.330. The van der Waals surface area contributed by atoms with Gasteiger partial charge in [-0.2, -0.15) is 0 Å². The summed E-state index contributed by atoms with van der Waals surface area (Å²) in [6.07, 6.45) is 5.06. The van der Waals surface area contributed by atoms with Gasteiger partial charge in [-0.1, -0.05) is 42.5 Å². The van der Waals surface area contributed by atoms with Crippen molar-refractivity contribution in [3.05, 3.63) is 102 Å². The van der Waals surface area contributed by atoms with Crippen LogP contribution in [-0.2, 0) is 9.47 Å². The molecule has 2 aromatic carbocycles. The minimum absolute atomic E-state index is 0.241. The van der Waals surface area contributed by atoms with Gasteiger partial charge in [-0.15, -0.1) is 0 Å². The third kappa shape index (κ3) is 3.79. The van der Waals surface area contributed by atoms with Gasteiger partial charge in [-0.25, -0.2) is 9.59 Å². The Hall–Kier alpha value is -4.52. The van der Waals surface area contributed by atoms with E-state index in [1.807, 2.05) is 83.4 Å². The first-order valence-electron chi connectivity index (χ1n) is 11.7. The number of carbonyl (C=O) groups is 2. The van der Waals surface area contributed by atoms with E-state index < -0.39 is 18.1 Å². The maximum absolute atomic E-state index is 13.2. The highest BCUT2D eigenvalue weighted by atomic mass is 16.6. The number of hydrogen-bond donors (Lipinski definition) is 0. The summed E-state index contributed by atoms with van der Waals surface area (Å²) in [6.45, 7) is 2.02. The Morgan fingerprint density at radius 3 is 2.42 bits per heavy atom. The largest absolute Gasteiger partial charge is 0.497 e. The lowest BCUT2D eigenvalue weighted by molar-refractivity contribution is 0.0604. The van der Waals surface area contributed by atoms with E-state index in [1.54, 1.807) is 25.1 Å². The molecule has 1 aliphatic rings. The van der Waals surface area contributed by atoms with Crippen LogP contribution in [0.5, 0.6) is 5.75 Å². The molecule has 0 N–H and O–H groups in total. The maximum atomic E-state index is 13.2.